The van der Waals surface area contributed by atoms with Crippen molar-refractivity contribution >= 4 is 11.3 Å². The fourth-order valence-electron chi connectivity index (χ4n) is 8.74. The molecule has 44 heavy (non-hydrogen) atoms. The Hall–Kier alpha value is -2.99. The van der Waals surface area contributed by atoms with Crippen LogP contribution in [0.25, 0.3) is 5.52 Å². The van der Waals surface area contributed by atoms with Crippen molar-refractivity contribution in [1.82, 2.24) is 33.9 Å². The van der Waals surface area contributed by atoms with Crippen LogP contribution in [0.2, 0.25) is 0 Å². The van der Waals surface area contributed by atoms with Crippen molar-refractivity contribution in [3.63, 3.8) is 0 Å². The SMILES string of the molecule is CC(=O)C1CC2CN(Cc3cc(C(F)(F)F)c4cn(C5CCCC([C@H](c6nncn6C)C6CCC6)C5)c(=O)n4c3)CC(C1)N2. The number of nitrogens with one attached hydrogen (secondary N) is 1. The van der Waals surface area contributed by atoms with E-state index in [1.807, 2.05) is 11.6 Å². The molecule has 0 spiro atoms. The Bertz CT molecular complexity index is 1570. The average Bonchev–Trinajstić information content (AvgIpc) is 3.51. The van der Waals surface area contributed by atoms with Crippen molar-refractivity contribution < 1.29 is 18.0 Å². The molecule has 1 N–H and O–H groups in total. The maximum absolute atomic E-state index is 14.5. The average molecular weight is 614 g/mol. The third-order valence-corrected chi connectivity index (χ3v) is 11.0. The minimum absolute atomic E-state index is 0.0451. The van der Waals surface area contributed by atoms with Crippen molar-refractivity contribution in [2.75, 3.05) is 13.1 Å². The molecule has 2 saturated heterocycles. The molecule has 2 saturated carbocycles. The van der Waals surface area contributed by atoms with Crippen molar-refractivity contribution in [2.24, 2.45) is 24.8 Å². The summed E-state index contributed by atoms with van der Waals surface area (Å²) < 4.78 is 48.2. The zero-order chi connectivity index (χ0) is 30.7. The van der Waals surface area contributed by atoms with Gasteiger partial charge in [-0.1, -0.05) is 12.8 Å². The van der Waals surface area contributed by atoms with Gasteiger partial charge in [0.15, 0.2) is 0 Å². The molecule has 5 atom stereocenters. The molecule has 4 aliphatic rings. The molecule has 3 aromatic heterocycles. The second-order valence-electron chi connectivity index (χ2n) is 14.0. The lowest BCUT2D eigenvalue weighted by atomic mass is 9.66. The van der Waals surface area contributed by atoms with Crippen molar-refractivity contribution in [3.05, 3.63) is 52.2 Å². The van der Waals surface area contributed by atoms with Crippen LogP contribution in [0, 0.1) is 17.8 Å². The van der Waals surface area contributed by atoms with E-state index in [0.717, 1.165) is 57.2 Å². The molecule has 9 nitrogen and oxygen atoms in total. The van der Waals surface area contributed by atoms with Gasteiger partial charge in [0, 0.05) is 69.0 Å². The highest BCUT2D eigenvalue weighted by molar-refractivity contribution is 5.78. The summed E-state index contributed by atoms with van der Waals surface area (Å²) in [4.78, 5) is 28.0. The molecule has 2 aliphatic carbocycles. The van der Waals surface area contributed by atoms with Crippen LogP contribution in [0.5, 0.6) is 0 Å². The van der Waals surface area contributed by atoms with Crippen LogP contribution in [0.1, 0.15) is 93.6 Å². The first-order valence-corrected chi connectivity index (χ1v) is 16.2. The van der Waals surface area contributed by atoms with Gasteiger partial charge in [0.2, 0.25) is 0 Å². The molecule has 4 unspecified atom stereocenters. The first-order valence-electron chi connectivity index (χ1n) is 16.2. The maximum atomic E-state index is 14.5. The number of carbonyl (C=O) groups is 1. The number of hydrogen-bond donors (Lipinski definition) is 1. The number of halogens is 3. The van der Waals surface area contributed by atoms with E-state index in [-0.39, 0.29) is 41.3 Å². The molecular formula is C32H42F3N7O2. The van der Waals surface area contributed by atoms with E-state index in [4.69, 9.17) is 0 Å². The fourth-order valence-corrected chi connectivity index (χ4v) is 8.74. The zero-order valence-corrected chi connectivity index (χ0v) is 25.5. The molecule has 0 radical (unpaired) electrons. The summed E-state index contributed by atoms with van der Waals surface area (Å²) in [6, 6.07) is 1.33. The van der Waals surface area contributed by atoms with Gasteiger partial charge in [0.25, 0.3) is 0 Å². The number of rotatable bonds is 7. The van der Waals surface area contributed by atoms with Gasteiger partial charge >= 0.3 is 11.9 Å². The number of hydrogen-bond acceptors (Lipinski definition) is 6. The predicted octanol–water partition coefficient (Wildman–Crippen LogP) is 4.70. The molecule has 0 aromatic carbocycles. The van der Waals surface area contributed by atoms with Gasteiger partial charge in [-0.05, 0) is 75.3 Å². The molecule has 2 aliphatic heterocycles. The Kier molecular flexibility index (Phi) is 7.71. The van der Waals surface area contributed by atoms with E-state index in [0.29, 0.717) is 37.0 Å². The minimum atomic E-state index is -4.59. The summed E-state index contributed by atoms with van der Waals surface area (Å²) in [5.74, 6) is 2.30. The van der Waals surface area contributed by atoms with Gasteiger partial charge in [-0.25, -0.2) is 4.79 Å². The van der Waals surface area contributed by atoms with Gasteiger partial charge in [-0.3, -0.25) is 18.7 Å². The molecule has 238 valence electrons. The molecule has 4 fully saturated rings. The smallest absolute Gasteiger partial charge is 0.320 e. The minimum Gasteiger partial charge on any atom is -0.320 e. The summed E-state index contributed by atoms with van der Waals surface area (Å²) in [5.41, 5.74) is -0.782. The largest absolute Gasteiger partial charge is 0.418 e. The lowest BCUT2D eigenvalue weighted by Crippen LogP contribution is -2.60. The van der Waals surface area contributed by atoms with Crippen molar-refractivity contribution in [3.8, 4) is 0 Å². The molecule has 12 heteroatoms. The number of likely N-dealkylation sites (tertiary alicyclic amines) is 1. The zero-order valence-electron chi connectivity index (χ0n) is 25.5. The van der Waals surface area contributed by atoms with Gasteiger partial charge in [-0.2, -0.15) is 13.2 Å². The number of pyridine rings is 1. The topological polar surface area (TPSA) is 89.5 Å². The van der Waals surface area contributed by atoms with Gasteiger partial charge in [-0.15, -0.1) is 10.2 Å². The summed E-state index contributed by atoms with van der Waals surface area (Å²) >= 11 is 0. The number of Topliss-reactive ketones (excluding diaryl/α,β-unsaturated/α-hetero) is 1. The standard InChI is InChI=1S/C32H42F3N7O2/c1-19(43)23-10-24-15-40(16-25(11-23)37-24)13-20-9-27(32(33,34)35)28-17-41(31(44)42(28)14-20)26-8-4-7-22(12-26)29(21-5-3-6-21)30-38-36-18-39(30)2/h9,14,17-18,21-26,29,37H,3-8,10-13,15-16H2,1-2H3/t22?,23?,24?,25?,26?,29-/m1/s1. The lowest BCUT2D eigenvalue weighted by Gasteiger charge is -2.44. The third kappa shape index (κ3) is 5.52. The van der Waals surface area contributed by atoms with E-state index < -0.39 is 17.4 Å². The number of aryl methyl sites for hydroxylation is 1. The Labute approximate surface area is 254 Å². The summed E-state index contributed by atoms with van der Waals surface area (Å²) in [6.45, 7) is 3.28. The first kappa shape index (κ1) is 29.7. The summed E-state index contributed by atoms with van der Waals surface area (Å²) in [7, 11) is 1.97. The Morgan fingerprint density at radius 2 is 1.75 bits per heavy atom. The van der Waals surface area contributed by atoms with Crippen LogP contribution >= 0.6 is 0 Å². The normalized spacial score (nSPS) is 29.1. The highest BCUT2D eigenvalue weighted by atomic mass is 19.4. The van der Waals surface area contributed by atoms with Crippen molar-refractivity contribution in [1.29, 1.82) is 0 Å². The fraction of sp³-hybridized carbons (Fsp3) is 0.688. The summed E-state index contributed by atoms with van der Waals surface area (Å²) in [5, 5.41) is 12.2. The molecule has 5 heterocycles. The molecule has 2 bridgehead atoms. The Morgan fingerprint density at radius 1 is 1.05 bits per heavy atom. The monoisotopic (exact) mass is 613 g/mol. The van der Waals surface area contributed by atoms with E-state index in [2.05, 4.69) is 20.4 Å². The van der Waals surface area contributed by atoms with Crippen LogP contribution in [0.15, 0.2) is 29.6 Å². The quantitative estimate of drug-likeness (QED) is 0.416. The van der Waals surface area contributed by atoms with Crippen LogP contribution in [-0.4, -0.2) is 59.6 Å². The van der Waals surface area contributed by atoms with Gasteiger partial charge in [0.1, 0.15) is 17.9 Å². The number of alkyl halides is 3. The van der Waals surface area contributed by atoms with Crippen LogP contribution in [0.4, 0.5) is 13.2 Å². The second kappa shape index (κ2) is 11.4. The highest BCUT2D eigenvalue weighted by Crippen LogP contribution is 2.49. The lowest BCUT2D eigenvalue weighted by molar-refractivity contribution is -0.136. The first-order chi connectivity index (χ1) is 21.0. The maximum Gasteiger partial charge on any atom is 0.418 e. The molecule has 3 aromatic rings. The van der Waals surface area contributed by atoms with E-state index in [1.54, 1.807) is 24.0 Å². The second-order valence-corrected chi connectivity index (χ2v) is 14.0. The van der Waals surface area contributed by atoms with Crippen LogP contribution in [0.3, 0.4) is 0 Å². The molecule has 0 amide bonds. The van der Waals surface area contributed by atoms with E-state index in [1.165, 1.54) is 23.1 Å². The number of nitrogens with zero attached hydrogens (tertiary/aromatic N) is 6. The predicted molar refractivity (Wildman–Crippen MR) is 158 cm³/mol. The Balaban J connectivity index is 1.17. The number of fused-ring (bicyclic) bond motifs is 3. The van der Waals surface area contributed by atoms with Crippen molar-refractivity contribution in [2.45, 2.75) is 101 Å². The van der Waals surface area contributed by atoms with Gasteiger partial charge in [0.05, 0.1) is 11.1 Å². The Morgan fingerprint density at radius 3 is 2.36 bits per heavy atom. The number of imidazole rings is 1. The van der Waals surface area contributed by atoms with E-state index >= 15 is 0 Å². The van der Waals surface area contributed by atoms with Crippen LogP contribution in [-0.2, 0) is 24.6 Å². The van der Waals surface area contributed by atoms with Crippen LogP contribution < -0.4 is 11.0 Å². The number of piperidine rings is 1. The number of piperazine rings is 1. The molecule has 7 rings (SSSR count). The third-order valence-electron chi connectivity index (χ3n) is 11.0. The number of ketones is 1. The number of carbonyl (C=O) groups excluding carboxylic acids is 1. The summed E-state index contributed by atoms with van der Waals surface area (Å²) in [6.07, 6.45) is 8.64. The number of aromatic nitrogens is 5. The highest BCUT2D eigenvalue weighted by Gasteiger charge is 2.41. The van der Waals surface area contributed by atoms with Gasteiger partial charge < -0.3 is 9.88 Å². The van der Waals surface area contributed by atoms with E-state index in [9.17, 15) is 22.8 Å². The molecular weight excluding hydrogens is 571 g/mol.